The molecule has 0 radical (unpaired) electrons. The summed E-state index contributed by atoms with van der Waals surface area (Å²) in [6.45, 7) is 2.55. The standard InChI is InChI=1S/C32H29N5O4/c1-41-31-28(29(38)30(31)39)35-23-11-13-37(14-12-23)18-19-7-9-21(10-8-19)27-24(20-5-3-2-4-6-20)15-22-17-34-26(32(33)40)16-25(22)36-27/h2-10,15-17,23,35H,11-14,18H2,1H3,(H2,33,40). The van der Waals surface area contributed by atoms with Gasteiger partial charge in [0, 0.05) is 48.4 Å². The van der Waals surface area contributed by atoms with E-state index in [0.29, 0.717) is 11.2 Å². The van der Waals surface area contributed by atoms with Crippen LogP contribution in [-0.4, -0.2) is 47.0 Å². The van der Waals surface area contributed by atoms with Crippen LogP contribution in [0.1, 0.15) is 28.9 Å². The van der Waals surface area contributed by atoms with Gasteiger partial charge in [0.05, 0.1) is 18.3 Å². The molecule has 41 heavy (non-hydrogen) atoms. The summed E-state index contributed by atoms with van der Waals surface area (Å²) in [4.78, 5) is 46.7. The fraction of sp³-hybridized carbons (Fsp3) is 0.219. The van der Waals surface area contributed by atoms with Crippen LogP contribution < -0.4 is 26.6 Å². The Morgan fingerprint density at radius 1 is 1.00 bits per heavy atom. The van der Waals surface area contributed by atoms with Crippen molar-refractivity contribution < 1.29 is 9.53 Å². The minimum atomic E-state index is -0.588. The summed E-state index contributed by atoms with van der Waals surface area (Å²) in [7, 11) is 1.41. The second-order valence-electron chi connectivity index (χ2n) is 10.3. The highest BCUT2D eigenvalue weighted by Crippen LogP contribution is 2.34. The smallest absolute Gasteiger partial charge is 0.271 e. The Kier molecular flexibility index (Phi) is 7.03. The van der Waals surface area contributed by atoms with Crippen molar-refractivity contribution in [1.29, 1.82) is 0 Å². The molecule has 9 heteroatoms. The predicted octanol–water partition coefficient (Wildman–Crippen LogP) is 3.74. The van der Waals surface area contributed by atoms with Crippen molar-refractivity contribution in [3.63, 3.8) is 0 Å². The van der Waals surface area contributed by atoms with E-state index in [1.165, 1.54) is 12.7 Å². The van der Waals surface area contributed by atoms with Gasteiger partial charge in [-0.3, -0.25) is 24.3 Å². The van der Waals surface area contributed by atoms with Gasteiger partial charge in [-0.2, -0.15) is 0 Å². The average molecular weight is 548 g/mol. The zero-order valence-corrected chi connectivity index (χ0v) is 22.6. The van der Waals surface area contributed by atoms with Crippen LogP contribution in [0.2, 0.25) is 0 Å². The van der Waals surface area contributed by atoms with Crippen LogP contribution in [0, 0.1) is 0 Å². The van der Waals surface area contributed by atoms with Crippen molar-refractivity contribution >= 4 is 22.5 Å². The molecule has 1 aliphatic heterocycles. The molecule has 1 amide bonds. The molecule has 0 saturated carbocycles. The SMILES string of the molecule is COc1c(NC2CCN(Cc3ccc(-c4nc5cc(C(N)=O)ncc5cc4-c4ccccc4)cc3)CC2)c(=O)c1=O. The summed E-state index contributed by atoms with van der Waals surface area (Å²) in [6, 6.07) is 22.3. The molecule has 6 rings (SSSR count). The molecule has 3 N–H and O–H groups in total. The summed E-state index contributed by atoms with van der Waals surface area (Å²) in [6.07, 6.45) is 3.37. The zero-order chi connectivity index (χ0) is 28.5. The van der Waals surface area contributed by atoms with E-state index in [1.807, 2.05) is 18.2 Å². The van der Waals surface area contributed by atoms with Crippen LogP contribution >= 0.6 is 0 Å². The second kappa shape index (κ2) is 10.9. The minimum absolute atomic E-state index is 0.131. The molecule has 1 fully saturated rings. The van der Waals surface area contributed by atoms with Crippen molar-refractivity contribution in [3.8, 4) is 28.1 Å². The van der Waals surface area contributed by atoms with E-state index in [2.05, 4.69) is 57.7 Å². The number of carbonyl (C=O) groups excluding carboxylic acids is 1. The molecule has 2 aromatic heterocycles. The molecule has 3 heterocycles. The lowest BCUT2D eigenvalue weighted by Gasteiger charge is -2.33. The fourth-order valence-electron chi connectivity index (χ4n) is 5.42. The summed E-state index contributed by atoms with van der Waals surface area (Å²) >= 11 is 0. The maximum Gasteiger partial charge on any atom is 0.271 e. The molecule has 0 spiro atoms. The molecule has 3 aromatic carbocycles. The van der Waals surface area contributed by atoms with Gasteiger partial charge in [-0.15, -0.1) is 0 Å². The van der Waals surface area contributed by atoms with Gasteiger partial charge in [0.25, 0.3) is 16.8 Å². The predicted molar refractivity (Wildman–Crippen MR) is 159 cm³/mol. The number of rotatable bonds is 8. The number of aromatic nitrogens is 2. The monoisotopic (exact) mass is 547 g/mol. The number of fused-ring (bicyclic) bond motifs is 1. The number of anilines is 1. The number of likely N-dealkylation sites (tertiary alicyclic amines) is 1. The van der Waals surface area contributed by atoms with Gasteiger partial charge in [0.2, 0.25) is 0 Å². The first-order chi connectivity index (χ1) is 19.9. The lowest BCUT2D eigenvalue weighted by molar-refractivity contribution is 0.0995. The van der Waals surface area contributed by atoms with E-state index in [0.717, 1.165) is 60.2 Å². The first kappa shape index (κ1) is 26.3. The Balaban J connectivity index is 1.19. The highest BCUT2D eigenvalue weighted by atomic mass is 16.5. The Bertz CT molecular complexity index is 1800. The summed E-state index contributed by atoms with van der Waals surface area (Å²) in [5.74, 6) is -0.450. The normalized spacial score (nSPS) is 14.4. The lowest BCUT2D eigenvalue weighted by Crippen LogP contribution is -2.42. The molecular weight excluding hydrogens is 518 g/mol. The minimum Gasteiger partial charge on any atom is -0.491 e. The number of amides is 1. The summed E-state index contributed by atoms with van der Waals surface area (Å²) in [5.41, 5.74) is 10.5. The highest BCUT2D eigenvalue weighted by Gasteiger charge is 2.26. The number of pyridine rings is 2. The molecule has 0 unspecified atom stereocenters. The van der Waals surface area contributed by atoms with E-state index < -0.39 is 16.8 Å². The summed E-state index contributed by atoms with van der Waals surface area (Å²) in [5, 5.41) is 4.04. The number of benzene rings is 2. The van der Waals surface area contributed by atoms with Crippen molar-refractivity contribution in [2.24, 2.45) is 5.73 Å². The van der Waals surface area contributed by atoms with Gasteiger partial charge in [-0.25, -0.2) is 4.98 Å². The number of nitrogens with one attached hydrogen (secondary N) is 1. The topological polar surface area (TPSA) is 128 Å². The molecule has 9 nitrogen and oxygen atoms in total. The number of methoxy groups -OCH3 is 1. The van der Waals surface area contributed by atoms with Gasteiger partial charge in [-0.1, -0.05) is 54.6 Å². The molecule has 206 valence electrons. The Morgan fingerprint density at radius 3 is 2.41 bits per heavy atom. The number of nitrogens with zero attached hydrogens (tertiary/aromatic N) is 3. The number of hydrogen-bond acceptors (Lipinski definition) is 8. The van der Waals surface area contributed by atoms with Crippen molar-refractivity contribution in [1.82, 2.24) is 14.9 Å². The van der Waals surface area contributed by atoms with E-state index in [4.69, 9.17) is 15.5 Å². The van der Waals surface area contributed by atoms with E-state index in [9.17, 15) is 14.4 Å². The maximum atomic E-state index is 11.9. The van der Waals surface area contributed by atoms with Crippen LogP contribution in [0.15, 0.2) is 82.5 Å². The van der Waals surface area contributed by atoms with Crippen molar-refractivity contribution in [2.75, 3.05) is 25.5 Å². The van der Waals surface area contributed by atoms with Crippen LogP contribution in [0.5, 0.6) is 5.75 Å². The van der Waals surface area contributed by atoms with E-state index >= 15 is 0 Å². The van der Waals surface area contributed by atoms with Crippen LogP contribution in [0.4, 0.5) is 5.69 Å². The highest BCUT2D eigenvalue weighted by molar-refractivity contribution is 5.97. The molecule has 0 atom stereocenters. The van der Waals surface area contributed by atoms with Gasteiger partial charge >= 0.3 is 0 Å². The lowest BCUT2D eigenvalue weighted by atomic mass is 9.97. The quantitative estimate of drug-likeness (QED) is 0.281. The van der Waals surface area contributed by atoms with Crippen molar-refractivity contribution in [2.45, 2.75) is 25.4 Å². The average Bonchev–Trinajstić information content (AvgIpc) is 3.01. The van der Waals surface area contributed by atoms with Crippen LogP contribution in [0.25, 0.3) is 33.3 Å². The van der Waals surface area contributed by atoms with Gasteiger partial charge in [-0.05, 0) is 36.1 Å². The molecular formula is C32H29N5O4. The van der Waals surface area contributed by atoms with Gasteiger partial charge in [0.1, 0.15) is 11.4 Å². The number of hydrogen-bond donors (Lipinski definition) is 2. The number of nitrogens with two attached hydrogens (primary N) is 1. The molecule has 1 saturated heterocycles. The third-order valence-corrected chi connectivity index (χ3v) is 7.68. The first-order valence-corrected chi connectivity index (χ1v) is 13.5. The molecule has 5 aromatic rings. The van der Waals surface area contributed by atoms with Crippen LogP contribution in [0.3, 0.4) is 0 Å². The molecule has 1 aliphatic rings. The summed E-state index contributed by atoms with van der Waals surface area (Å²) < 4.78 is 5.04. The molecule has 0 bridgehead atoms. The Morgan fingerprint density at radius 2 is 1.73 bits per heavy atom. The number of ether oxygens (including phenoxy) is 1. The third kappa shape index (κ3) is 5.19. The van der Waals surface area contributed by atoms with E-state index in [-0.39, 0.29) is 17.5 Å². The second-order valence-corrected chi connectivity index (χ2v) is 10.3. The van der Waals surface area contributed by atoms with E-state index in [1.54, 1.807) is 12.3 Å². The first-order valence-electron chi connectivity index (χ1n) is 13.5. The molecule has 0 aliphatic carbocycles. The van der Waals surface area contributed by atoms with Gasteiger partial charge < -0.3 is 15.8 Å². The largest absolute Gasteiger partial charge is 0.491 e. The third-order valence-electron chi connectivity index (χ3n) is 7.68. The zero-order valence-electron chi connectivity index (χ0n) is 22.6. The number of piperidine rings is 1. The van der Waals surface area contributed by atoms with Crippen molar-refractivity contribution in [3.05, 3.63) is 105 Å². The maximum absolute atomic E-state index is 11.9. The Labute approximate surface area is 236 Å². The number of carbonyl (C=O) groups is 1. The number of primary amides is 1. The van der Waals surface area contributed by atoms with Crippen LogP contribution in [-0.2, 0) is 6.54 Å². The fourth-order valence-corrected chi connectivity index (χ4v) is 5.42. The Hall–Kier alpha value is -4.89. The van der Waals surface area contributed by atoms with Gasteiger partial charge in [0.15, 0.2) is 5.75 Å².